The third-order valence-electron chi connectivity index (χ3n) is 5.15. The third kappa shape index (κ3) is 9.13. The Balaban J connectivity index is 0.000000248. The molecule has 0 N–H and O–H groups in total. The fraction of sp³-hybridized carbons (Fsp3) is 0.0606. The molecule has 0 spiro atoms. The average molecular weight is 547 g/mol. The number of rotatable bonds is 0. The molecule has 0 aliphatic rings. The Labute approximate surface area is 228 Å². The van der Waals surface area contributed by atoms with Gasteiger partial charge in [-0.05, 0) is 0 Å². The second kappa shape index (κ2) is 16.1. The van der Waals surface area contributed by atoms with Crippen LogP contribution in [0.2, 0.25) is 0 Å². The zero-order valence-corrected chi connectivity index (χ0v) is 24.4. The Kier molecular flexibility index (Phi) is 14.0. The average Bonchev–Trinajstić information content (AvgIpc) is 3.35. The molecule has 0 aliphatic heterocycles. The summed E-state index contributed by atoms with van der Waals surface area (Å²) in [6, 6.07) is 46.0. The summed E-state index contributed by atoms with van der Waals surface area (Å²) in [5.41, 5.74) is 2.53. The first kappa shape index (κ1) is 30.4. The van der Waals surface area contributed by atoms with E-state index < -0.39 is 0 Å². The van der Waals surface area contributed by atoms with Crippen LogP contribution in [0, 0.1) is 40.8 Å². The molecule has 0 unspecified atom stereocenters. The number of fused-ring (bicyclic) bond motifs is 3. The van der Waals surface area contributed by atoms with Gasteiger partial charge in [0.25, 0.3) is 0 Å². The van der Waals surface area contributed by atoms with Gasteiger partial charge in [-0.2, -0.15) is 17.5 Å². The van der Waals surface area contributed by atoms with Crippen LogP contribution in [0.4, 0.5) is 0 Å². The minimum absolute atomic E-state index is 0. The third-order valence-corrected chi connectivity index (χ3v) is 5.15. The topological polar surface area (TPSA) is 0 Å². The van der Waals surface area contributed by atoms with Gasteiger partial charge >= 0.3 is 30.2 Å². The number of aryl methyl sites for hydroxylation is 2. The van der Waals surface area contributed by atoms with Crippen molar-refractivity contribution in [2.45, 2.75) is 13.8 Å². The second-order valence-electron chi connectivity index (χ2n) is 7.68. The van der Waals surface area contributed by atoms with Crippen molar-refractivity contribution >= 4 is 39.2 Å². The maximum Gasteiger partial charge on any atom is -0.0809 e. The molecule has 6 aromatic rings. The van der Waals surface area contributed by atoms with E-state index in [0.717, 1.165) is 0 Å². The predicted molar refractivity (Wildman–Crippen MR) is 153 cm³/mol. The molecule has 0 fully saturated rings. The molecule has 0 aromatic heterocycles. The Morgan fingerprint density at radius 3 is 1.51 bits per heavy atom. The second-order valence-corrected chi connectivity index (χ2v) is 7.68. The molecule has 35 heavy (non-hydrogen) atoms. The number of hydrogen-bond donors (Lipinski definition) is 0. The van der Waals surface area contributed by atoms with Crippen LogP contribution in [0.1, 0.15) is 11.1 Å². The van der Waals surface area contributed by atoms with Crippen LogP contribution >= 0.6 is 0 Å². The van der Waals surface area contributed by atoms with E-state index in [0.29, 0.717) is 0 Å². The van der Waals surface area contributed by atoms with Crippen LogP contribution in [0.25, 0.3) is 32.3 Å². The summed E-state index contributed by atoms with van der Waals surface area (Å²) < 4.78 is 0. The normalized spacial score (nSPS) is 9.17. The molecule has 2 radical (unpaired) electrons. The van der Waals surface area contributed by atoms with E-state index in [1.165, 1.54) is 66.8 Å². The first-order chi connectivity index (χ1) is 16.2. The molecule has 6 aromatic carbocycles. The smallest absolute Gasteiger partial charge is 0.0809 e. The van der Waals surface area contributed by atoms with Crippen LogP contribution in [0.5, 0.6) is 0 Å². The maximum absolute atomic E-state index is 3.22. The van der Waals surface area contributed by atoms with E-state index in [9.17, 15) is 0 Å². The van der Waals surface area contributed by atoms with Crippen molar-refractivity contribution in [2.24, 2.45) is 0 Å². The Morgan fingerprint density at radius 1 is 0.600 bits per heavy atom. The van der Waals surface area contributed by atoms with Gasteiger partial charge in [-0.3, -0.25) is 0 Å². The van der Waals surface area contributed by atoms with Crippen molar-refractivity contribution in [3.05, 3.63) is 153 Å². The molecule has 2 heteroatoms. The summed E-state index contributed by atoms with van der Waals surface area (Å²) >= 11 is 1.36. The standard InChI is InChI=1S/2C11H9.C9H7.2CH3.Si.Zr/c2*1-9-6-7-10-4-2-3-5-11(10)8-9;1-2-5-9-7-3-6-8(9)4-1;;;;/h2*2-6,8H,1H3;1-7H;2*1H3;;/q5*-1;;. The predicted octanol–water partition coefficient (Wildman–Crippen LogP) is 8.97. The van der Waals surface area contributed by atoms with Crippen LogP contribution in [-0.2, 0) is 23.3 Å². The van der Waals surface area contributed by atoms with Gasteiger partial charge in [-0.25, -0.2) is 0 Å². The van der Waals surface area contributed by atoms with E-state index >= 15 is 0 Å². The first-order valence-electron chi connectivity index (χ1n) is 10.8. The summed E-state index contributed by atoms with van der Waals surface area (Å²) in [6.07, 6.45) is 0. The molecule has 0 atom stereocenters. The van der Waals surface area contributed by atoms with Gasteiger partial charge in [-0.15, -0.1) is 123 Å². The number of benzene rings is 5. The Bertz CT molecular complexity index is 1320. The van der Waals surface area contributed by atoms with Gasteiger partial charge in [0.15, 0.2) is 0 Å². The molecule has 0 heterocycles. The summed E-state index contributed by atoms with van der Waals surface area (Å²) in [4.78, 5) is 0. The van der Waals surface area contributed by atoms with Gasteiger partial charge < -0.3 is 14.9 Å². The molecule has 0 bridgehead atoms. The van der Waals surface area contributed by atoms with Crippen molar-refractivity contribution < 1.29 is 23.3 Å². The van der Waals surface area contributed by atoms with E-state index in [-0.39, 0.29) is 14.9 Å². The monoisotopic (exact) mass is 545 g/mol. The van der Waals surface area contributed by atoms with E-state index in [1.54, 1.807) is 0 Å². The van der Waals surface area contributed by atoms with Gasteiger partial charge in [0.2, 0.25) is 0 Å². The molecule has 0 aliphatic carbocycles. The van der Waals surface area contributed by atoms with Crippen molar-refractivity contribution in [1.82, 2.24) is 0 Å². The summed E-state index contributed by atoms with van der Waals surface area (Å²) in [7, 11) is 0. The Morgan fingerprint density at radius 2 is 1.03 bits per heavy atom. The molecular weight excluding hydrogens is 516 g/mol. The summed E-state index contributed by atoms with van der Waals surface area (Å²) in [5, 5.41) is 7.59. The van der Waals surface area contributed by atoms with Gasteiger partial charge in [0.1, 0.15) is 0 Å². The van der Waals surface area contributed by atoms with E-state index in [1.807, 2.05) is 24.3 Å². The van der Waals surface area contributed by atoms with Crippen molar-refractivity contribution in [3.8, 4) is 0 Å². The molecule has 0 amide bonds. The quantitative estimate of drug-likeness (QED) is 0.132. The van der Waals surface area contributed by atoms with Gasteiger partial charge in [-0.1, -0.05) is 44.2 Å². The zero-order valence-electron chi connectivity index (χ0n) is 21.0. The minimum atomic E-state index is 0. The van der Waals surface area contributed by atoms with Crippen molar-refractivity contribution in [3.63, 3.8) is 0 Å². The fourth-order valence-electron chi connectivity index (χ4n) is 3.54. The SMILES string of the molecule is Cc1c[c-]c2ccccc2c1.Cc1c[c-]c2ccccc2c1.[CH3-].[CH3-].[Si]=[Zr].c1ccc2[cH-]ccc2c1. The summed E-state index contributed by atoms with van der Waals surface area (Å²) in [6.45, 7) is 7.23. The van der Waals surface area contributed by atoms with Crippen LogP contribution < -0.4 is 0 Å². The van der Waals surface area contributed by atoms with E-state index in [4.69, 9.17) is 0 Å². The molecular formula is C33H31SiZr-5. The Hall–Kier alpha value is -2.67. The molecule has 0 nitrogen and oxygen atoms in total. The minimum Gasteiger partial charge on any atom is -0.168 e. The van der Waals surface area contributed by atoms with E-state index in [2.05, 4.69) is 124 Å². The van der Waals surface area contributed by atoms with Gasteiger partial charge in [0.05, 0.1) is 0 Å². The van der Waals surface area contributed by atoms with Crippen molar-refractivity contribution in [2.75, 3.05) is 0 Å². The first-order valence-corrected chi connectivity index (χ1v) is 15.0. The van der Waals surface area contributed by atoms with Crippen molar-refractivity contribution in [1.29, 1.82) is 0 Å². The largest absolute Gasteiger partial charge is 0.168 e. The maximum atomic E-state index is 3.22. The molecule has 6 rings (SSSR count). The molecule has 0 saturated carbocycles. The van der Waals surface area contributed by atoms with Crippen LogP contribution in [0.15, 0.2) is 115 Å². The fourth-order valence-corrected chi connectivity index (χ4v) is 3.54. The van der Waals surface area contributed by atoms with Crippen LogP contribution in [0.3, 0.4) is 0 Å². The zero-order chi connectivity index (χ0) is 23.5. The summed E-state index contributed by atoms with van der Waals surface area (Å²) in [5.74, 6) is 0. The number of hydrogen-bond acceptors (Lipinski definition) is 0. The van der Waals surface area contributed by atoms with Crippen LogP contribution in [-0.4, -0.2) is 6.88 Å². The molecule has 0 saturated heterocycles. The van der Waals surface area contributed by atoms with Gasteiger partial charge in [0, 0.05) is 0 Å². The molecule has 176 valence electrons.